The van der Waals surface area contributed by atoms with Gasteiger partial charge in [0, 0.05) is 13.7 Å². The van der Waals surface area contributed by atoms with Crippen molar-refractivity contribution in [1.29, 1.82) is 0 Å². The molecule has 1 aromatic carbocycles. The zero-order chi connectivity index (χ0) is 13.6. The highest BCUT2D eigenvalue weighted by atomic mass is 32.2. The maximum absolute atomic E-state index is 11.6. The van der Waals surface area contributed by atoms with E-state index in [1.165, 1.54) is 12.7 Å². The highest BCUT2D eigenvalue weighted by molar-refractivity contribution is 7.89. The first-order valence-corrected chi connectivity index (χ1v) is 7.62. The highest BCUT2D eigenvalue weighted by Crippen LogP contribution is 2.15. The molecule has 1 N–H and O–H groups in total. The van der Waals surface area contributed by atoms with E-state index in [1.807, 2.05) is 32.0 Å². The van der Waals surface area contributed by atoms with Crippen LogP contribution in [0.4, 0.5) is 0 Å². The zero-order valence-corrected chi connectivity index (χ0v) is 12.0. The summed E-state index contributed by atoms with van der Waals surface area (Å²) in [5.74, 6) is 0.159. The molecular weight excluding hydrogens is 250 g/mol. The molecule has 0 amide bonds. The minimum Gasteiger partial charge on any atom is -0.384 e. The molecule has 0 saturated heterocycles. The third-order valence-electron chi connectivity index (χ3n) is 2.78. The molecule has 0 heterocycles. The molecule has 102 valence electrons. The van der Waals surface area contributed by atoms with Crippen molar-refractivity contribution in [3.05, 3.63) is 35.4 Å². The molecule has 1 rings (SSSR count). The van der Waals surface area contributed by atoms with Crippen LogP contribution in [0.15, 0.2) is 24.3 Å². The lowest BCUT2D eigenvalue weighted by molar-refractivity contribution is 0.217. The molecule has 0 aliphatic heterocycles. The van der Waals surface area contributed by atoms with Crippen LogP contribution < -0.4 is 4.72 Å². The highest BCUT2D eigenvalue weighted by Gasteiger charge is 2.12. The molecule has 1 atom stereocenters. The van der Waals surface area contributed by atoms with E-state index in [-0.39, 0.29) is 18.3 Å². The Balaban J connectivity index is 2.53. The van der Waals surface area contributed by atoms with E-state index in [9.17, 15) is 8.42 Å². The normalized spacial score (nSPS) is 13.5. The summed E-state index contributed by atoms with van der Waals surface area (Å²) in [6, 6.07) is 8.11. The Hall–Kier alpha value is -0.910. The predicted molar refractivity (Wildman–Crippen MR) is 73.3 cm³/mol. The van der Waals surface area contributed by atoms with Crippen molar-refractivity contribution in [2.24, 2.45) is 0 Å². The maximum atomic E-state index is 11.6. The van der Waals surface area contributed by atoms with E-state index >= 15 is 0 Å². The van der Waals surface area contributed by atoms with Crippen LogP contribution in [0.25, 0.3) is 0 Å². The molecule has 0 saturated carbocycles. The van der Waals surface area contributed by atoms with Gasteiger partial charge in [-0.2, -0.15) is 0 Å². The second-order valence-corrected chi connectivity index (χ2v) is 6.40. The molecule has 0 spiro atoms. The van der Waals surface area contributed by atoms with E-state index in [2.05, 4.69) is 10.8 Å². The van der Waals surface area contributed by atoms with Gasteiger partial charge in [-0.1, -0.05) is 36.8 Å². The fourth-order valence-electron chi connectivity index (χ4n) is 1.61. The molecule has 18 heavy (non-hydrogen) atoms. The van der Waals surface area contributed by atoms with Crippen LogP contribution in [0.3, 0.4) is 0 Å². The van der Waals surface area contributed by atoms with Gasteiger partial charge in [0.1, 0.15) is 0 Å². The van der Waals surface area contributed by atoms with E-state index in [0.29, 0.717) is 6.54 Å². The number of methoxy groups -OCH3 is 1. The van der Waals surface area contributed by atoms with Gasteiger partial charge in [-0.3, -0.25) is 0 Å². The Bertz CT molecular complexity index is 471. The molecular formula is C13H21NO3S. The van der Waals surface area contributed by atoms with E-state index in [0.717, 1.165) is 5.56 Å². The van der Waals surface area contributed by atoms with Crippen LogP contribution in [-0.2, 0) is 14.8 Å². The minimum absolute atomic E-state index is 0.00401. The SMILES string of the molecule is COCCS(=O)(=O)NC[C@H](C)c1cccc(C)c1. The van der Waals surface area contributed by atoms with Crippen molar-refractivity contribution in [3.8, 4) is 0 Å². The summed E-state index contributed by atoms with van der Waals surface area (Å²) < 4.78 is 30.6. The maximum Gasteiger partial charge on any atom is 0.213 e. The van der Waals surface area contributed by atoms with Gasteiger partial charge in [-0.05, 0) is 18.4 Å². The zero-order valence-electron chi connectivity index (χ0n) is 11.1. The second-order valence-electron chi connectivity index (χ2n) is 4.48. The molecule has 0 aromatic heterocycles. The second kappa shape index (κ2) is 6.87. The number of sulfonamides is 1. The summed E-state index contributed by atoms with van der Waals surface area (Å²) in [5, 5.41) is 0. The number of aryl methyl sites for hydroxylation is 1. The molecule has 0 bridgehead atoms. The lowest BCUT2D eigenvalue weighted by Crippen LogP contribution is -2.31. The number of hydrogen-bond acceptors (Lipinski definition) is 3. The summed E-state index contributed by atoms with van der Waals surface area (Å²) in [4.78, 5) is 0. The van der Waals surface area contributed by atoms with Crippen molar-refractivity contribution in [2.75, 3.05) is 26.0 Å². The predicted octanol–water partition coefficient (Wildman–Crippen LogP) is 1.66. The summed E-state index contributed by atoms with van der Waals surface area (Å²) in [6.45, 7) is 4.66. The summed E-state index contributed by atoms with van der Waals surface area (Å²) in [7, 11) is -1.74. The van der Waals surface area contributed by atoms with Crippen molar-refractivity contribution >= 4 is 10.0 Å². The third-order valence-corrected chi connectivity index (χ3v) is 4.09. The van der Waals surface area contributed by atoms with Crippen molar-refractivity contribution in [2.45, 2.75) is 19.8 Å². The first-order valence-electron chi connectivity index (χ1n) is 5.97. The third kappa shape index (κ3) is 5.16. The quantitative estimate of drug-likeness (QED) is 0.820. The van der Waals surface area contributed by atoms with E-state index < -0.39 is 10.0 Å². The lowest BCUT2D eigenvalue weighted by Gasteiger charge is -2.13. The van der Waals surface area contributed by atoms with Crippen LogP contribution in [0.5, 0.6) is 0 Å². The Morgan fingerprint density at radius 1 is 1.39 bits per heavy atom. The number of ether oxygens (including phenoxy) is 1. The van der Waals surface area contributed by atoms with Crippen LogP contribution >= 0.6 is 0 Å². The fourth-order valence-corrected chi connectivity index (χ4v) is 2.65. The lowest BCUT2D eigenvalue weighted by atomic mass is 10.00. The minimum atomic E-state index is -3.23. The van der Waals surface area contributed by atoms with E-state index in [1.54, 1.807) is 0 Å². The molecule has 4 nitrogen and oxygen atoms in total. The van der Waals surface area contributed by atoms with Gasteiger partial charge in [0.25, 0.3) is 0 Å². The Morgan fingerprint density at radius 2 is 2.11 bits per heavy atom. The van der Waals surface area contributed by atoms with Gasteiger partial charge in [0.05, 0.1) is 12.4 Å². The molecule has 0 unspecified atom stereocenters. The standard InChI is InChI=1S/C13H21NO3S/c1-11-5-4-6-13(9-11)12(2)10-14-18(15,16)8-7-17-3/h4-6,9,12,14H,7-8,10H2,1-3H3/t12-/m0/s1. The largest absolute Gasteiger partial charge is 0.384 e. The van der Waals surface area contributed by atoms with Gasteiger partial charge in [-0.15, -0.1) is 0 Å². The van der Waals surface area contributed by atoms with Crippen molar-refractivity contribution in [1.82, 2.24) is 4.72 Å². The monoisotopic (exact) mass is 271 g/mol. The number of benzene rings is 1. The summed E-state index contributed by atoms with van der Waals surface area (Å²) in [6.07, 6.45) is 0. The molecule has 0 radical (unpaired) electrons. The first-order chi connectivity index (χ1) is 8.44. The molecule has 1 aromatic rings. The number of nitrogens with one attached hydrogen (secondary N) is 1. The summed E-state index contributed by atoms with van der Waals surface area (Å²) in [5.41, 5.74) is 2.33. The Labute approximate surface area is 109 Å². The molecule has 5 heteroatoms. The Kier molecular flexibility index (Phi) is 5.78. The van der Waals surface area contributed by atoms with E-state index in [4.69, 9.17) is 4.74 Å². The van der Waals surface area contributed by atoms with Crippen LogP contribution in [0.2, 0.25) is 0 Å². The van der Waals surface area contributed by atoms with Gasteiger partial charge < -0.3 is 4.74 Å². The average Bonchev–Trinajstić information content (AvgIpc) is 2.34. The molecule has 0 fully saturated rings. The Morgan fingerprint density at radius 3 is 2.72 bits per heavy atom. The average molecular weight is 271 g/mol. The van der Waals surface area contributed by atoms with Crippen molar-refractivity contribution in [3.63, 3.8) is 0 Å². The number of hydrogen-bond donors (Lipinski definition) is 1. The van der Waals surface area contributed by atoms with Crippen LogP contribution in [0.1, 0.15) is 24.0 Å². The summed E-state index contributed by atoms with van der Waals surface area (Å²) >= 11 is 0. The number of rotatable bonds is 7. The van der Waals surface area contributed by atoms with Gasteiger partial charge in [0.15, 0.2) is 0 Å². The van der Waals surface area contributed by atoms with Gasteiger partial charge in [0.2, 0.25) is 10.0 Å². The van der Waals surface area contributed by atoms with Crippen molar-refractivity contribution < 1.29 is 13.2 Å². The molecule has 0 aliphatic rings. The fraction of sp³-hybridized carbons (Fsp3) is 0.538. The van der Waals surface area contributed by atoms with Crippen LogP contribution in [0, 0.1) is 6.92 Å². The smallest absolute Gasteiger partial charge is 0.213 e. The topological polar surface area (TPSA) is 55.4 Å². The van der Waals surface area contributed by atoms with Crippen LogP contribution in [-0.4, -0.2) is 34.4 Å². The van der Waals surface area contributed by atoms with Gasteiger partial charge >= 0.3 is 0 Å². The first kappa shape index (κ1) is 15.1. The molecule has 0 aliphatic carbocycles. The van der Waals surface area contributed by atoms with Gasteiger partial charge in [-0.25, -0.2) is 13.1 Å².